The van der Waals surface area contributed by atoms with E-state index in [4.69, 9.17) is 0 Å². The van der Waals surface area contributed by atoms with Gasteiger partial charge in [0.1, 0.15) is 6.17 Å². The lowest BCUT2D eigenvalue weighted by Crippen LogP contribution is -2.34. The van der Waals surface area contributed by atoms with Crippen LogP contribution >= 0.6 is 11.3 Å². The van der Waals surface area contributed by atoms with Crippen molar-refractivity contribution in [2.75, 3.05) is 6.54 Å². The fourth-order valence-electron chi connectivity index (χ4n) is 2.39. The first-order valence-electron chi connectivity index (χ1n) is 6.73. The van der Waals surface area contributed by atoms with Crippen LogP contribution < -0.4 is 5.32 Å². The molecule has 0 aliphatic carbocycles. The Bertz CT molecular complexity index is 389. The van der Waals surface area contributed by atoms with Crippen molar-refractivity contribution in [3.8, 4) is 0 Å². The number of nitrogens with one attached hydrogen (secondary N) is 1. The van der Waals surface area contributed by atoms with Gasteiger partial charge in [-0.15, -0.1) is 0 Å². The maximum atomic E-state index is 12.4. The van der Waals surface area contributed by atoms with Crippen molar-refractivity contribution in [2.45, 2.75) is 45.8 Å². The molecule has 100 valence electrons. The van der Waals surface area contributed by atoms with E-state index >= 15 is 0 Å². The smallest absolute Gasteiger partial charge is 0.241 e. The summed E-state index contributed by atoms with van der Waals surface area (Å²) in [6, 6.07) is 2.07. The topological polar surface area (TPSA) is 32.3 Å². The molecule has 2 rings (SSSR count). The number of amides is 1. The molecule has 0 bridgehead atoms. The fourth-order valence-corrected chi connectivity index (χ4v) is 3.07. The number of thiophene rings is 1. The molecule has 1 aromatic rings. The zero-order chi connectivity index (χ0) is 13.1. The van der Waals surface area contributed by atoms with Crippen molar-refractivity contribution in [1.29, 1.82) is 0 Å². The standard InChI is InChI=1S/C14H22N2OS/c1-4-5-7-16-13(11-6-8-18-9-11)15-12(10(2)3)14(16)17/h6,8-10,12-13,15H,4-5,7H2,1-3H3. The summed E-state index contributed by atoms with van der Waals surface area (Å²) in [7, 11) is 0. The molecule has 0 spiro atoms. The molecule has 2 heterocycles. The maximum absolute atomic E-state index is 12.4. The minimum Gasteiger partial charge on any atom is -0.322 e. The summed E-state index contributed by atoms with van der Waals surface area (Å²) in [5, 5.41) is 7.69. The van der Waals surface area contributed by atoms with Gasteiger partial charge in [-0.25, -0.2) is 0 Å². The van der Waals surface area contributed by atoms with Gasteiger partial charge in [-0.05, 0) is 34.7 Å². The quantitative estimate of drug-likeness (QED) is 0.888. The van der Waals surface area contributed by atoms with Crippen molar-refractivity contribution in [3.63, 3.8) is 0 Å². The molecule has 0 aromatic carbocycles. The van der Waals surface area contributed by atoms with Crippen molar-refractivity contribution in [3.05, 3.63) is 22.4 Å². The number of nitrogens with zero attached hydrogens (tertiary/aromatic N) is 1. The van der Waals surface area contributed by atoms with Gasteiger partial charge in [-0.1, -0.05) is 27.2 Å². The normalized spacial score (nSPS) is 24.2. The number of hydrogen-bond acceptors (Lipinski definition) is 3. The maximum Gasteiger partial charge on any atom is 0.241 e. The summed E-state index contributed by atoms with van der Waals surface area (Å²) in [6.07, 6.45) is 2.26. The summed E-state index contributed by atoms with van der Waals surface area (Å²) < 4.78 is 0. The zero-order valence-corrected chi connectivity index (χ0v) is 12.2. The van der Waals surface area contributed by atoms with E-state index in [1.54, 1.807) is 11.3 Å². The van der Waals surface area contributed by atoms with Crippen molar-refractivity contribution >= 4 is 17.2 Å². The highest BCUT2D eigenvalue weighted by atomic mass is 32.1. The average molecular weight is 266 g/mol. The summed E-state index contributed by atoms with van der Waals surface area (Å²) in [5.74, 6) is 0.597. The molecule has 4 heteroatoms. The van der Waals surface area contributed by atoms with Crippen LogP contribution in [0.15, 0.2) is 16.8 Å². The Labute approximate surface area is 113 Å². The van der Waals surface area contributed by atoms with Gasteiger partial charge in [0, 0.05) is 6.54 Å². The lowest BCUT2D eigenvalue weighted by atomic mass is 10.1. The molecule has 18 heavy (non-hydrogen) atoms. The number of hydrogen-bond donors (Lipinski definition) is 1. The summed E-state index contributed by atoms with van der Waals surface area (Å²) >= 11 is 1.69. The van der Waals surface area contributed by atoms with E-state index in [1.807, 2.05) is 4.90 Å². The minimum atomic E-state index is -0.0354. The highest BCUT2D eigenvalue weighted by Crippen LogP contribution is 2.29. The minimum absolute atomic E-state index is 0.0354. The van der Waals surface area contributed by atoms with E-state index in [9.17, 15) is 4.79 Å². The van der Waals surface area contributed by atoms with Crippen LogP contribution in [0, 0.1) is 5.92 Å². The molecule has 1 aromatic heterocycles. The Hall–Kier alpha value is -0.870. The molecule has 0 radical (unpaired) electrons. The van der Waals surface area contributed by atoms with E-state index in [2.05, 4.69) is 42.9 Å². The third-order valence-electron chi connectivity index (χ3n) is 3.48. The number of carbonyl (C=O) groups is 1. The van der Waals surface area contributed by atoms with Crippen molar-refractivity contribution in [1.82, 2.24) is 10.2 Å². The second-order valence-corrected chi connectivity index (χ2v) is 6.01. The number of rotatable bonds is 5. The SMILES string of the molecule is CCCCN1C(=O)C(C(C)C)NC1c1ccsc1. The molecule has 2 atom stereocenters. The van der Waals surface area contributed by atoms with E-state index in [0.29, 0.717) is 5.92 Å². The first-order chi connectivity index (χ1) is 8.65. The van der Waals surface area contributed by atoms with Crippen molar-refractivity contribution < 1.29 is 4.79 Å². The van der Waals surface area contributed by atoms with Crippen LogP contribution in [0.3, 0.4) is 0 Å². The Morgan fingerprint density at radius 3 is 2.83 bits per heavy atom. The summed E-state index contributed by atoms with van der Waals surface area (Å²) in [6.45, 7) is 7.21. The predicted octanol–water partition coefficient (Wildman–Crippen LogP) is 3.00. The molecule has 1 aliphatic rings. The van der Waals surface area contributed by atoms with Gasteiger partial charge in [-0.2, -0.15) is 11.3 Å². The zero-order valence-electron chi connectivity index (χ0n) is 11.3. The Kier molecular flexibility index (Phi) is 4.40. The van der Waals surface area contributed by atoms with Crippen LogP contribution in [-0.4, -0.2) is 23.4 Å². The Morgan fingerprint density at radius 1 is 1.50 bits per heavy atom. The lowest BCUT2D eigenvalue weighted by Gasteiger charge is -2.23. The average Bonchev–Trinajstić information content (AvgIpc) is 2.94. The van der Waals surface area contributed by atoms with Gasteiger partial charge in [-0.3, -0.25) is 10.1 Å². The molecule has 1 amide bonds. The Morgan fingerprint density at radius 2 is 2.28 bits per heavy atom. The van der Waals surface area contributed by atoms with Crippen LogP contribution in [0.2, 0.25) is 0 Å². The van der Waals surface area contributed by atoms with E-state index in [0.717, 1.165) is 19.4 Å². The van der Waals surface area contributed by atoms with E-state index < -0.39 is 0 Å². The second kappa shape index (κ2) is 5.85. The summed E-state index contributed by atoms with van der Waals surface area (Å²) in [5.41, 5.74) is 1.22. The predicted molar refractivity (Wildman–Crippen MR) is 75.4 cm³/mol. The van der Waals surface area contributed by atoms with Crippen LogP contribution in [-0.2, 0) is 4.79 Å². The highest BCUT2D eigenvalue weighted by Gasteiger charge is 2.40. The van der Waals surface area contributed by atoms with Gasteiger partial charge < -0.3 is 4.90 Å². The van der Waals surface area contributed by atoms with E-state index in [1.165, 1.54) is 5.56 Å². The van der Waals surface area contributed by atoms with Crippen LogP contribution in [0.4, 0.5) is 0 Å². The van der Waals surface area contributed by atoms with Gasteiger partial charge in [0.25, 0.3) is 0 Å². The molecule has 1 aliphatic heterocycles. The molecule has 1 saturated heterocycles. The van der Waals surface area contributed by atoms with E-state index in [-0.39, 0.29) is 18.1 Å². The molecular weight excluding hydrogens is 244 g/mol. The molecule has 3 nitrogen and oxygen atoms in total. The lowest BCUT2D eigenvalue weighted by molar-refractivity contribution is -0.130. The first-order valence-corrected chi connectivity index (χ1v) is 7.68. The molecular formula is C14H22N2OS. The highest BCUT2D eigenvalue weighted by molar-refractivity contribution is 7.07. The molecule has 0 saturated carbocycles. The first kappa shape index (κ1) is 13.6. The molecule has 1 fully saturated rings. The largest absolute Gasteiger partial charge is 0.322 e. The Balaban J connectivity index is 2.18. The molecule has 2 unspecified atom stereocenters. The van der Waals surface area contributed by atoms with Gasteiger partial charge in [0.05, 0.1) is 6.04 Å². The van der Waals surface area contributed by atoms with Crippen molar-refractivity contribution in [2.24, 2.45) is 5.92 Å². The van der Waals surface area contributed by atoms with Crippen LogP contribution in [0.25, 0.3) is 0 Å². The van der Waals surface area contributed by atoms with Gasteiger partial charge in [0.15, 0.2) is 0 Å². The third-order valence-corrected chi connectivity index (χ3v) is 4.18. The fraction of sp³-hybridized carbons (Fsp3) is 0.643. The number of carbonyl (C=O) groups excluding carboxylic acids is 1. The molecule has 1 N–H and O–H groups in total. The van der Waals surface area contributed by atoms with Gasteiger partial charge >= 0.3 is 0 Å². The monoisotopic (exact) mass is 266 g/mol. The van der Waals surface area contributed by atoms with Gasteiger partial charge in [0.2, 0.25) is 5.91 Å². The summed E-state index contributed by atoms with van der Waals surface area (Å²) in [4.78, 5) is 14.4. The number of unbranched alkanes of at least 4 members (excludes halogenated alkanes) is 1. The second-order valence-electron chi connectivity index (χ2n) is 5.23. The van der Waals surface area contributed by atoms with Crippen LogP contribution in [0.1, 0.15) is 45.3 Å². The third kappa shape index (κ3) is 2.59. The van der Waals surface area contributed by atoms with Crippen LogP contribution in [0.5, 0.6) is 0 Å².